The standard InChI is InChI=1S/C24H23O2/c1-2-3-4-6-13-19-16-20(18-11-7-5-8-12-18)17-23-24(19)26-22-15-10-9-14-21(22)25-23/h5,7-12,14-15,17H,2-4,6,13H2,1H3. The van der Waals surface area contributed by atoms with Crippen molar-refractivity contribution in [2.75, 3.05) is 0 Å². The summed E-state index contributed by atoms with van der Waals surface area (Å²) in [5.41, 5.74) is 3.30. The highest BCUT2D eigenvalue weighted by molar-refractivity contribution is 5.70. The number of benzene rings is 3. The largest absolute Gasteiger partial charge is 0.449 e. The van der Waals surface area contributed by atoms with Crippen molar-refractivity contribution >= 4 is 0 Å². The van der Waals surface area contributed by atoms with Gasteiger partial charge in [0.05, 0.1) is 0 Å². The number of aryl methyl sites for hydroxylation is 1. The summed E-state index contributed by atoms with van der Waals surface area (Å²) in [6.07, 6.45) is 5.82. The lowest BCUT2D eigenvalue weighted by Crippen LogP contribution is -2.03. The number of para-hydroxylation sites is 2. The quantitative estimate of drug-likeness (QED) is 0.345. The Hall–Kier alpha value is -2.74. The van der Waals surface area contributed by atoms with Crippen LogP contribution in [-0.4, -0.2) is 0 Å². The topological polar surface area (TPSA) is 18.5 Å². The van der Waals surface area contributed by atoms with Gasteiger partial charge >= 0.3 is 0 Å². The Morgan fingerprint density at radius 1 is 0.769 bits per heavy atom. The molecule has 0 spiro atoms. The summed E-state index contributed by atoms with van der Waals surface area (Å²) in [4.78, 5) is 0. The SMILES string of the molecule is CCCCCCc1[c]c(-c2ccccc2)cc2c1Oc1ccccc1O2. The third kappa shape index (κ3) is 3.45. The molecule has 0 N–H and O–H groups in total. The van der Waals surface area contributed by atoms with Crippen molar-refractivity contribution in [3.63, 3.8) is 0 Å². The maximum atomic E-state index is 6.20. The molecule has 0 atom stereocenters. The lowest BCUT2D eigenvalue weighted by molar-refractivity contribution is 0.356. The maximum Gasteiger partial charge on any atom is 0.173 e. The minimum Gasteiger partial charge on any atom is -0.449 e. The molecule has 0 fully saturated rings. The van der Waals surface area contributed by atoms with Gasteiger partial charge in [0.15, 0.2) is 23.0 Å². The van der Waals surface area contributed by atoms with Gasteiger partial charge in [0.2, 0.25) is 0 Å². The molecule has 0 aliphatic carbocycles. The molecule has 3 aromatic rings. The number of hydrogen-bond acceptors (Lipinski definition) is 2. The first-order chi connectivity index (χ1) is 12.8. The fourth-order valence-corrected chi connectivity index (χ4v) is 3.31. The Morgan fingerprint density at radius 2 is 1.50 bits per heavy atom. The second-order valence-corrected chi connectivity index (χ2v) is 6.68. The Labute approximate surface area is 155 Å². The van der Waals surface area contributed by atoms with Crippen LogP contribution in [0.2, 0.25) is 0 Å². The van der Waals surface area contributed by atoms with Crippen LogP contribution in [0, 0.1) is 6.07 Å². The van der Waals surface area contributed by atoms with Crippen molar-refractivity contribution in [1.29, 1.82) is 0 Å². The van der Waals surface area contributed by atoms with Gasteiger partial charge < -0.3 is 9.47 Å². The molecule has 0 aromatic heterocycles. The van der Waals surface area contributed by atoms with Crippen molar-refractivity contribution in [3.8, 4) is 34.1 Å². The van der Waals surface area contributed by atoms with Gasteiger partial charge in [0, 0.05) is 5.56 Å². The van der Waals surface area contributed by atoms with Crippen molar-refractivity contribution in [2.45, 2.75) is 39.0 Å². The second kappa shape index (κ2) is 7.65. The van der Waals surface area contributed by atoms with E-state index in [4.69, 9.17) is 9.47 Å². The zero-order chi connectivity index (χ0) is 17.8. The minimum absolute atomic E-state index is 0.766. The van der Waals surface area contributed by atoms with Gasteiger partial charge in [-0.2, -0.15) is 0 Å². The average Bonchev–Trinajstić information content (AvgIpc) is 2.70. The predicted octanol–water partition coefficient (Wildman–Crippen LogP) is 7.17. The summed E-state index contributed by atoms with van der Waals surface area (Å²) >= 11 is 0. The third-order valence-electron chi connectivity index (χ3n) is 4.71. The van der Waals surface area contributed by atoms with Crippen LogP contribution >= 0.6 is 0 Å². The van der Waals surface area contributed by atoms with Crippen molar-refractivity contribution < 1.29 is 9.47 Å². The van der Waals surface area contributed by atoms with Gasteiger partial charge in [-0.3, -0.25) is 0 Å². The Bertz CT molecular complexity index is 884. The molecule has 131 valence electrons. The molecule has 3 aromatic carbocycles. The maximum absolute atomic E-state index is 6.20. The van der Waals surface area contributed by atoms with E-state index < -0.39 is 0 Å². The molecule has 0 saturated carbocycles. The van der Waals surface area contributed by atoms with E-state index in [1.165, 1.54) is 19.3 Å². The predicted molar refractivity (Wildman–Crippen MR) is 105 cm³/mol. The highest BCUT2D eigenvalue weighted by Crippen LogP contribution is 2.48. The number of rotatable bonds is 6. The molecule has 0 bridgehead atoms. The summed E-state index contributed by atoms with van der Waals surface area (Å²) in [5.74, 6) is 3.14. The zero-order valence-corrected chi connectivity index (χ0v) is 15.1. The van der Waals surface area contributed by atoms with Crippen molar-refractivity contribution in [3.05, 3.63) is 72.3 Å². The van der Waals surface area contributed by atoms with Crippen LogP contribution in [0.3, 0.4) is 0 Å². The summed E-state index contributed by atoms with van der Waals surface area (Å²) in [5, 5.41) is 0. The van der Waals surface area contributed by atoms with E-state index in [0.717, 1.165) is 52.5 Å². The van der Waals surface area contributed by atoms with E-state index in [2.05, 4.69) is 37.3 Å². The molecule has 2 nitrogen and oxygen atoms in total. The fraction of sp³-hybridized carbons (Fsp3) is 0.250. The van der Waals surface area contributed by atoms with Gasteiger partial charge in [-0.1, -0.05) is 68.7 Å². The summed E-state index contributed by atoms with van der Waals surface area (Å²) < 4.78 is 12.4. The normalized spacial score (nSPS) is 11.9. The van der Waals surface area contributed by atoms with Gasteiger partial charge in [0.25, 0.3) is 0 Å². The van der Waals surface area contributed by atoms with Gasteiger partial charge in [0.1, 0.15) is 0 Å². The van der Waals surface area contributed by atoms with Crippen LogP contribution < -0.4 is 9.47 Å². The zero-order valence-electron chi connectivity index (χ0n) is 15.1. The molecule has 2 heteroatoms. The van der Waals surface area contributed by atoms with Gasteiger partial charge in [-0.25, -0.2) is 0 Å². The van der Waals surface area contributed by atoms with E-state index in [1.54, 1.807) is 0 Å². The average molecular weight is 343 g/mol. The molecule has 1 aliphatic rings. The Morgan fingerprint density at radius 3 is 2.27 bits per heavy atom. The highest BCUT2D eigenvalue weighted by Gasteiger charge is 2.22. The minimum atomic E-state index is 0.766. The van der Waals surface area contributed by atoms with Crippen LogP contribution in [0.25, 0.3) is 11.1 Å². The molecule has 0 unspecified atom stereocenters. The first-order valence-electron chi connectivity index (χ1n) is 9.44. The van der Waals surface area contributed by atoms with Crippen LogP contribution in [0.1, 0.15) is 38.2 Å². The Kier molecular flexibility index (Phi) is 4.92. The van der Waals surface area contributed by atoms with Crippen LogP contribution in [-0.2, 0) is 6.42 Å². The number of ether oxygens (including phenoxy) is 2. The molecule has 0 amide bonds. The molecule has 4 rings (SSSR count). The molecular weight excluding hydrogens is 320 g/mol. The molecule has 1 radical (unpaired) electrons. The van der Waals surface area contributed by atoms with Crippen molar-refractivity contribution in [2.24, 2.45) is 0 Å². The highest BCUT2D eigenvalue weighted by atomic mass is 16.6. The number of unbranched alkanes of at least 4 members (excludes halogenated alkanes) is 3. The smallest absolute Gasteiger partial charge is 0.173 e. The van der Waals surface area contributed by atoms with Crippen LogP contribution in [0.4, 0.5) is 0 Å². The van der Waals surface area contributed by atoms with Gasteiger partial charge in [-0.15, -0.1) is 0 Å². The molecule has 1 aliphatic heterocycles. The number of fused-ring (bicyclic) bond motifs is 2. The number of hydrogen-bond donors (Lipinski definition) is 0. The lowest BCUT2D eigenvalue weighted by Gasteiger charge is -2.23. The van der Waals surface area contributed by atoms with E-state index >= 15 is 0 Å². The van der Waals surface area contributed by atoms with Crippen LogP contribution in [0.15, 0.2) is 60.7 Å². The monoisotopic (exact) mass is 343 g/mol. The van der Waals surface area contributed by atoms with E-state index in [1.807, 2.05) is 36.4 Å². The summed E-state index contributed by atoms with van der Waals surface area (Å²) in [7, 11) is 0. The molecule has 0 saturated heterocycles. The summed E-state index contributed by atoms with van der Waals surface area (Å²) in [6.45, 7) is 2.23. The van der Waals surface area contributed by atoms with Gasteiger partial charge in [-0.05, 0) is 48.2 Å². The van der Waals surface area contributed by atoms with Crippen LogP contribution in [0.5, 0.6) is 23.0 Å². The second-order valence-electron chi connectivity index (χ2n) is 6.68. The molecular formula is C24H23O2. The van der Waals surface area contributed by atoms with E-state index in [9.17, 15) is 0 Å². The molecule has 26 heavy (non-hydrogen) atoms. The molecule has 1 heterocycles. The Balaban J connectivity index is 1.71. The summed E-state index contributed by atoms with van der Waals surface area (Å²) in [6, 6.07) is 23.8. The lowest BCUT2D eigenvalue weighted by atomic mass is 9.98. The first kappa shape index (κ1) is 16.7. The third-order valence-corrected chi connectivity index (χ3v) is 4.71. The first-order valence-corrected chi connectivity index (χ1v) is 9.44. The van der Waals surface area contributed by atoms with E-state index in [0.29, 0.717) is 0 Å². The fourth-order valence-electron chi connectivity index (χ4n) is 3.31. The van der Waals surface area contributed by atoms with E-state index in [-0.39, 0.29) is 0 Å². The van der Waals surface area contributed by atoms with Crippen molar-refractivity contribution in [1.82, 2.24) is 0 Å².